The van der Waals surface area contributed by atoms with Crippen molar-refractivity contribution in [2.45, 2.75) is 286 Å². The van der Waals surface area contributed by atoms with E-state index in [0.717, 1.165) is 94.1 Å². The van der Waals surface area contributed by atoms with Crippen LogP contribution in [0.15, 0.2) is 169 Å². The van der Waals surface area contributed by atoms with Crippen molar-refractivity contribution in [3.8, 4) is 41.4 Å². The van der Waals surface area contributed by atoms with Crippen molar-refractivity contribution in [3.05, 3.63) is 200 Å². The highest BCUT2D eigenvalue weighted by Gasteiger charge is 2.49. The molecule has 2 atom stereocenters. The van der Waals surface area contributed by atoms with Crippen LogP contribution in [0.3, 0.4) is 0 Å². The van der Waals surface area contributed by atoms with Gasteiger partial charge >= 0.3 is 0 Å². The molecule has 2 aliphatic heterocycles. The number of nitrogens with zero attached hydrogens (tertiary/aromatic N) is 2. The first kappa shape index (κ1) is 85.8. The predicted octanol–water partition coefficient (Wildman–Crippen LogP) is 32.6. The van der Waals surface area contributed by atoms with Crippen LogP contribution in [-0.4, -0.2) is 47.9 Å². The zero-order valence-corrected chi connectivity index (χ0v) is 74.5. The van der Waals surface area contributed by atoms with Crippen LogP contribution in [-0.2, 0) is 22.4 Å². The number of carbonyl (C=O) groups excluding carboxylic acids is 2. The summed E-state index contributed by atoms with van der Waals surface area (Å²) in [5.41, 5.74) is 7.67. The van der Waals surface area contributed by atoms with Gasteiger partial charge in [-0.05, 0) is 207 Å². The zero-order chi connectivity index (χ0) is 79.5. The molecule has 11 heteroatoms. The van der Waals surface area contributed by atoms with E-state index in [4.69, 9.17) is 9.47 Å². The third-order valence-electron chi connectivity index (χ3n) is 24.4. The van der Waals surface area contributed by atoms with E-state index >= 15 is 9.59 Å². The monoisotopic (exact) mass is 1630 g/mol. The molecule has 13 rings (SSSR count). The fourth-order valence-corrected chi connectivity index (χ4v) is 23.2. The molecule has 2 unspecified atom stereocenters. The van der Waals surface area contributed by atoms with Crippen molar-refractivity contribution in [1.29, 1.82) is 0 Å². The summed E-state index contributed by atoms with van der Waals surface area (Å²) in [6.07, 6.45) is 47.8. The molecule has 0 radical (unpaired) electrons. The number of rotatable bonds is 53. The number of fused-ring (bicyclic) bond motifs is 8. The smallest absolute Gasteiger partial charge is 0.261 e. The molecule has 0 aliphatic carbocycles. The van der Waals surface area contributed by atoms with Gasteiger partial charge in [-0.2, -0.15) is 0 Å². The number of amides is 2. The van der Waals surface area contributed by atoms with Gasteiger partial charge in [-0.25, -0.2) is 0 Å². The summed E-state index contributed by atoms with van der Waals surface area (Å²) >= 11 is 8.91. The van der Waals surface area contributed by atoms with Gasteiger partial charge < -0.3 is 19.3 Å². The lowest BCUT2D eigenvalue weighted by Gasteiger charge is -2.24. The second-order valence-electron chi connectivity index (χ2n) is 33.6. The van der Waals surface area contributed by atoms with Crippen molar-refractivity contribution >= 4 is 122 Å². The number of hydrogen-bond donors (Lipinski definition) is 0. The Balaban J connectivity index is 0.719. The highest BCUT2D eigenvalue weighted by Crippen LogP contribution is 2.52. The molecule has 610 valence electrons. The van der Waals surface area contributed by atoms with E-state index in [-0.39, 0.29) is 11.8 Å². The summed E-state index contributed by atoms with van der Waals surface area (Å²) in [6, 6.07) is 58.4. The van der Waals surface area contributed by atoms with Gasteiger partial charge in [-0.1, -0.05) is 292 Å². The molecule has 0 saturated heterocycles. The third kappa shape index (κ3) is 23.2. The van der Waals surface area contributed by atoms with E-state index in [1.165, 1.54) is 289 Å². The fraction of sp³-hybridized carbons (Fsp3) is 0.481. The van der Waals surface area contributed by atoms with Gasteiger partial charge in [0.05, 0.1) is 45.5 Å². The fourth-order valence-electron chi connectivity index (χ4n) is 17.7. The molecule has 6 aromatic carbocycles. The van der Waals surface area contributed by atoms with Gasteiger partial charge in [0, 0.05) is 62.5 Å². The van der Waals surface area contributed by atoms with Crippen molar-refractivity contribution in [3.63, 3.8) is 0 Å². The number of thiophene rings is 5. The number of ether oxygens (including phenoxy) is 2. The predicted molar refractivity (Wildman–Crippen MR) is 503 cm³/mol. The normalized spacial score (nSPS) is 13.8. The van der Waals surface area contributed by atoms with Crippen LogP contribution < -0.4 is 9.47 Å². The van der Waals surface area contributed by atoms with Crippen LogP contribution in [0.1, 0.15) is 290 Å². The average Bonchev–Trinajstić information content (AvgIpc) is 1.56. The minimum atomic E-state index is -0.0679. The van der Waals surface area contributed by atoms with Gasteiger partial charge in [0.15, 0.2) is 0 Å². The highest BCUT2D eigenvalue weighted by atomic mass is 32.1. The van der Waals surface area contributed by atoms with Crippen LogP contribution in [0.4, 0.5) is 0 Å². The molecule has 6 nitrogen and oxygen atoms in total. The van der Waals surface area contributed by atoms with Crippen molar-refractivity contribution in [1.82, 2.24) is 9.80 Å². The lowest BCUT2D eigenvalue weighted by molar-refractivity contribution is -0.124. The van der Waals surface area contributed by atoms with Gasteiger partial charge in [0.25, 0.3) is 11.8 Å². The minimum Gasteiger partial charge on any atom is -0.493 e. The molecule has 2 aliphatic rings. The first-order chi connectivity index (χ1) is 56.6. The summed E-state index contributed by atoms with van der Waals surface area (Å²) in [7, 11) is 0. The summed E-state index contributed by atoms with van der Waals surface area (Å²) < 4.78 is 15.9. The maximum absolute atomic E-state index is 16.0. The van der Waals surface area contributed by atoms with E-state index in [2.05, 4.69) is 199 Å². The molecule has 0 fully saturated rings. The van der Waals surface area contributed by atoms with Crippen LogP contribution in [0, 0.1) is 25.7 Å². The standard InChI is InChI=1S/C104H130N2O4S5/c1-7-11-15-19-23-25-29-33-43-79(41-31-27-21-17-13-9-3)73-109-84-54-47-77(48-55-84)39-35-37-69-105-99(95-67-65-92(113-95)91-62-46-76(6)111-91)97-98(104(105)108)100(106(103(97)107)70-38-36-40-78-49-56-85(57-50-78)110-74-80(42-32-28-22-18-14-10-4)44-34-30-26-24-20-16-12-8-2)96-68-66-94(114-96)93-64-63-90(112-93)83-53-59-87-82(72-83)52-61-89-88-60-51-81-71-75(5)45-58-86(81)101(88)115-102(87)89/h45-68,71-72,79-80H,7-44,69-70,73-74H2,1-6H3. The Morgan fingerprint density at radius 2 is 0.670 bits per heavy atom. The first-order valence-electron chi connectivity index (χ1n) is 45.3. The summed E-state index contributed by atoms with van der Waals surface area (Å²) in [5.74, 6) is 2.98. The Morgan fingerprint density at radius 3 is 1.09 bits per heavy atom. The number of aryl methyl sites for hydroxylation is 4. The Hall–Kier alpha value is -7.12. The lowest BCUT2D eigenvalue weighted by Crippen LogP contribution is -2.30. The second kappa shape index (κ2) is 44.6. The summed E-state index contributed by atoms with van der Waals surface area (Å²) in [6.45, 7) is 16.1. The van der Waals surface area contributed by atoms with Crippen LogP contribution in [0.2, 0.25) is 0 Å². The molecule has 7 heterocycles. The largest absolute Gasteiger partial charge is 0.493 e. The zero-order valence-electron chi connectivity index (χ0n) is 70.4. The first-order valence-corrected chi connectivity index (χ1v) is 49.4. The molecular formula is C104H130N2O4S5. The Morgan fingerprint density at radius 1 is 0.313 bits per heavy atom. The number of benzene rings is 6. The molecule has 115 heavy (non-hydrogen) atoms. The molecule has 0 bridgehead atoms. The van der Waals surface area contributed by atoms with Gasteiger partial charge in [-0.15, -0.1) is 56.7 Å². The number of carbonyl (C=O) groups is 2. The quantitative estimate of drug-likeness (QED) is 0.0357. The molecule has 0 spiro atoms. The molecule has 0 N–H and O–H groups in total. The summed E-state index contributed by atoms with van der Waals surface area (Å²) in [4.78, 5) is 44.9. The maximum Gasteiger partial charge on any atom is 0.261 e. The van der Waals surface area contributed by atoms with Crippen molar-refractivity contribution < 1.29 is 19.1 Å². The highest BCUT2D eigenvalue weighted by molar-refractivity contribution is 7.27. The van der Waals surface area contributed by atoms with Crippen molar-refractivity contribution in [2.75, 3.05) is 26.3 Å². The van der Waals surface area contributed by atoms with Crippen molar-refractivity contribution in [2.24, 2.45) is 11.8 Å². The van der Waals surface area contributed by atoms with E-state index in [9.17, 15) is 0 Å². The molecular weight excluding hydrogens is 1500 g/mol. The minimum absolute atomic E-state index is 0.0679. The number of unbranched alkanes of at least 4 members (excludes halogenated alkanes) is 26. The molecule has 2 amide bonds. The van der Waals surface area contributed by atoms with E-state index in [1.807, 2.05) is 32.5 Å². The van der Waals surface area contributed by atoms with E-state index in [1.54, 1.807) is 34.0 Å². The van der Waals surface area contributed by atoms with Crippen LogP contribution in [0.5, 0.6) is 11.5 Å². The number of hydrogen-bond acceptors (Lipinski definition) is 9. The Bertz CT molecular complexity index is 4940. The van der Waals surface area contributed by atoms with E-state index in [0.29, 0.717) is 36.1 Å². The maximum atomic E-state index is 16.0. The third-order valence-corrected chi connectivity index (χ3v) is 30.4. The molecule has 11 aromatic rings. The van der Waals surface area contributed by atoms with E-state index < -0.39 is 0 Å². The van der Waals surface area contributed by atoms with Gasteiger partial charge in [-0.3, -0.25) is 9.59 Å². The summed E-state index contributed by atoms with van der Waals surface area (Å²) in [5, 5.41) is 7.78. The SMILES string of the molecule is CCCCCCCCCCC(CCCCCCCC)COc1ccc(CCCCN2C(=O)C3=C(c4ccc(-c5ccc(-c6ccc7c(ccc8c9ccc%10cc(C)ccc%10c9sc78)c6)s5)s4)N(CCCCc4ccc(OCC(CCCCCCCC)CCCCCCCCCC)cc4)C(=O)C3=C2c2ccc(-c3ccc(C)s3)s2)cc1. The average molecular weight is 1630 g/mol. The lowest BCUT2D eigenvalue weighted by atomic mass is 9.94. The second-order valence-corrected chi connectivity index (χ2v) is 39.2. The molecule has 5 aromatic heterocycles. The van der Waals surface area contributed by atoms with Crippen LogP contribution in [0.25, 0.3) is 83.1 Å². The topological polar surface area (TPSA) is 59.1 Å². The van der Waals surface area contributed by atoms with Gasteiger partial charge in [0.1, 0.15) is 11.5 Å². The van der Waals surface area contributed by atoms with Gasteiger partial charge in [0.2, 0.25) is 0 Å². The Labute approximate surface area is 710 Å². The van der Waals surface area contributed by atoms with Crippen LogP contribution >= 0.6 is 56.7 Å². The molecule has 0 saturated carbocycles. The Kier molecular flexibility index (Phi) is 33.3.